The largest absolute Gasteiger partial charge is 0.330 e. The van der Waals surface area contributed by atoms with Crippen LogP contribution in [0.25, 0.3) is 16.7 Å². The van der Waals surface area contributed by atoms with Crippen molar-refractivity contribution in [3.05, 3.63) is 57.0 Å². The molecule has 102 valence electrons. The van der Waals surface area contributed by atoms with Crippen molar-refractivity contribution in [2.24, 2.45) is 0 Å². The van der Waals surface area contributed by atoms with E-state index in [4.69, 9.17) is 12.2 Å². The van der Waals surface area contributed by atoms with Gasteiger partial charge in [0.25, 0.3) is 0 Å². The second-order valence-corrected chi connectivity index (χ2v) is 5.42. The van der Waals surface area contributed by atoms with Gasteiger partial charge in [0.1, 0.15) is 0 Å². The average Bonchev–Trinajstić information content (AvgIpc) is 2.72. The summed E-state index contributed by atoms with van der Waals surface area (Å²) in [6, 6.07) is 7.23. The maximum absolute atomic E-state index is 13.9. The van der Waals surface area contributed by atoms with Crippen LogP contribution in [0.2, 0.25) is 0 Å². The zero-order valence-electron chi connectivity index (χ0n) is 9.75. The Labute approximate surface area is 125 Å². The Morgan fingerprint density at radius 2 is 1.80 bits per heavy atom. The summed E-state index contributed by atoms with van der Waals surface area (Å²) in [5.74, 6) is -4.03. The first-order valence-corrected chi connectivity index (χ1v) is 6.73. The molecule has 0 atom stereocenters. The molecule has 1 heterocycles. The molecule has 0 amide bonds. The summed E-state index contributed by atoms with van der Waals surface area (Å²) in [5.41, 5.74) is 1.10. The first kappa shape index (κ1) is 13.4. The lowest BCUT2D eigenvalue weighted by Crippen LogP contribution is -2.02. The Balaban J connectivity index is 2.38. The zero-order valence-corrected chi connectivity index (χ0v) is 12.2. The molecule has 0 saturated heterocycles. The average molecular weight is 359 g/mol. The Bertz CT molecular complexity index is 885. The van der Waals surface area contributed by atoms with E-state index in [1.807, 2.05) is 0 Å². The number of halogens is 4. The van der Waals surface area contributed by atoms with Gasteiger partial charge in [-0.25, -0.2) is 13.2 Å². The molecule has 2 nitrogen and oxygen atoms in total. The number of nitrogens with one attached hydrogen (secondary N) is 1. The molecule has 0 radical (unpaired) electrons. The lowest BCUT2D eigenvalue weighted by Gasteiger charge is -2.07. The smallest absolute Gasteiger partial charge is 0.196 e. The number of imidazole rings is 1. The molecule has 0 unspecified atom stereocenters. The SMILES string of the molecule is Fc1ccc(-n2c(=S)[nH]c3cc(Br)ccc32)c(F)c1F. The van der Waals surface area contributed by atoms with Crippen molar-refractivity contribution < 1.29 is 13.2 Å². The molecular weight excluding hydrogens is 353 g/mol. The highest BCUT2D eigenvalue weighted by Crippen LogP contribution is 2.26. The van der Waals surface area contributed by atoms with Crippen LogP contribution in [0.1, 0.15) is 0 Å². The topological polar surface area (TPSA) is 20.7 Å². The molecular formula is C13H6BrF3N2S. The third kappa shape index (κ3) is 1.97. The number of hydrogen-bond donors (Lipinski definition) is 1. The predicted octanol–water partition coefficient (Wildman–Crippen LogP) is 4.87. The monoisotopic (exact) mass is 358 g/mol. The Morgan fingerprint density at radius 1 is 1.05 bits per heavy atom. The molecule has 0 bridgehead atoms. The third-order valence-corrected chi connectivity index (χ3v) is 3.68. The standard InChI is InChI=1S/C13H6BrF3N2S/c14-6-1-3-9-8(5-6)18-13(20)19(9)10-4-2-7(15)11(16)12(10)17/h1-5H,(H,18,20). The summed E-state index contributed by atoms with van der Waals surface area (Å²) in [5, 5.41) is 0. The highest BCUT2D eigenvalue weighted by Gasteiger charge is 2.17. The summed E-state index contributed by atoms with van der Waals surface area (Å²) in [6.45, 7) is 0. The van der Waals surface area contributed by atoms with Crippen LogP contribution in [0.15, 0.2) is 34.8 Å². The van der Waals surface area contributed by atoms with Crippen LogP contribution in [0.4, 0.5) is 13.2 Å². The minimum atomic E-state index is -1.52. The van der Waals surface area contributed by atoms with E-state index in [0.29, 0.717) is 11.0 Å². The molecule has 20 heavy (non-hydrogen) atoms. The van der Waals surface area contributed by atoms with E-state index in [0.717, 1.165) is 16.6 Å². The quantitative estimate of drug-likeness (QED) is 0.486. The van der Waals surface area contributed by atoms with Gasteiger partial charge in [0.2, 0.25) is 0 Å². The molecule has 3 rings (SSSR count). The number of rotatable bonds is 1. The number of benzene rings is 2. The third-order valence-electron chi connectivity index (χ3n) is 2.90. The van der Waals surface area contributed by atoms with Gasteiger partial charge in [-0.1, -0.05) is 15.9 Å². The minimum Gasteiger partial charge on any atom is -0.330 e. The van der Waals surface area contributed by atoms with Gasteiger partial charge >= 0.3 is 0 Å². The number of nitrogens with zero attached hydrogens (tertiary/aromatic N) is 1. The highest BCUT2D eigenvalue weighted by molar-refractivity contribution is 9.10. The van der Waals surface area contributed by atoms with E-state index in [1.165, 1.54) is 4.57 Å². The fraction of sp³-hybridized carbons (Fsp3) is 0. The van der Waals surface area contributed by atoms with Crippen LogP contribution in [0.5, 0.6) is 0 Å². The van der Waals surface area contributed by atoms with Crippen LogP contribution in [-0.4, -0.2) is 9.55 Å². The van der Waals surface area contributed by atoms with Crippen molar-refractivity contribution in [3.8, 4) is 5.69 Å². The summed E-state index contributed by atoms with van der Waals surface area (Å²) in [6.07, 6.45) is 0. The van der Waals surface area contributed by atoms with E-state index >= 15 is 0 Å². The zero-order chi connectivity index (χ0) is 14.4. The lowest BCUT2D eigenvalue weighted by atomic mass is 10.2. The van der Waals surface area contributed by atoms with Gasteiger partial charge in [0.05, 0.1) is 16.7 Å². The second kappa shape index (κ2) is 4.75. The van der Waals surface area contributed by atoms with E-state index < -0.39 is 17.5 Å². The highest BCUT2D eigenvalue weighted by atomic mass is 79.9. The fourth-order valence-corrected chi connectivity index (χ4v) is 2.68. The predicted molar refractivity (Wildman–Crippen MR) is 76.0 cm³/mol. The number of aromatic nitrogens is 2. The van der Waals surface area contributed by atoms with Gasteiger partial charge in [0.15, 0.2) is 22.2 Å². The Hall–Kier alpha value is -1.60. The number of hydrogen-bond acceptors (Lipinski definition) is 1. The molecule has 2 aromatic carbocycles. The first-order chi connectivity index (χ1) is 9.49. The lowest BCUT2D eigenvalue weighted by molar-refractivity contribution is 0.445. The van der Waals surface area contributed by atoms with Crippen molar-refractivity contribution in [2.75, 3.05) is 0 Å². The molecule has 1 N–H and O–H groups in total. The fourth-order valence-electron chi connectivity index (χ4n) is 2.01. The van der Waals surface area contributed by atoms with Crippen LogP contribution < -0.4 is 0 Å². The van der Waals surface area contributed by atoms with E-state index in [2.05, 4.69) is 20.9 Å². The minimum absolute atomic E-state index is 0.137. The van der Waals surface area contributed by atoms with Crippen molar-refractivity contribution in [1.82, 2.24) is 9.55 Å². The van der Waals surface area contributed by atoms with Crippen molar-refractivity contribution in [2.45, 2.75) is 0 Å². The van der Waals surface area contributed by atoms with Gasteiger partial charge in [0, 0.05) is 4.47 Å². The van der Waals surface area contributed by atoms with E-state index in [1.54, 1.807) is 18.2 Å². The maximum Gasteiger partial charge on any atom is 0.196 e. The van der Waals surface area contributed by atoms with Crippen molar-refractivity contribution >= 4 is 39.2 Å². The number of fused-ring (bicyclic) bond motifs is 1. The molecule has 0 saturated carbocycles. The van der Waals surface area contributed by atoms with Gasteiger partial charge in [-0.2, -0.15) is 0 Å². The second-order valence-electron chi connectivity index (χ2n) is 4.12. The Kier molecular flexibility index (Phi) is 3.18. The molecule has 3 aromatic rings. The van der Waals surface area contributed by atoms with Crippen LogP contribution in [0, 0.1) is 22.2 Å². The normalized spacial score (nSPS) is 11.2. The summed E-state index contributed by atoms with van der Waals surface area (Å²) >= 11 is 8.43. The van der Waals surface area contributed by atoms with Crippen molar-refractivity contribution in [3.63, 3.8) is 0 Å². The summed E-state index contributed by atoms with van der Waals surface area (Å²) in [4.78, 5) is 2.89. The summed E-state index contributed by atoms with van der Waals surface area (Å²) < 4.78 is 42.6. The van der Waals surface area contributed by atoms with Gasteiger partial charge in [-0.15, -0.1) is 0 Å². The van der Waals surface area contributed by atoms with Crippen LogP contribution in [-0.2, 0) is 0 Å². The molecule has 0 spiro atoms. The van der Waals surface area contributed by atoms with E-state index in [9.17, 15) is 13.2 Å². The first-order valence-electron chi connectivity index (χ1n) is 5.53. The van der Waals surface area contributed by atoms with Crippen molar-refractivity contribution in [1.29, 1.82) is 0 Å². The molecule has 0 aliphatic rings. The molecule has 7 heteroatoms. The Morgan fingerprint density at radius 3 is 2.55 bits per heavy atom. The van der Waals surface area contributed by atoms with Crippen LogP contribution >= 0.6 is 28.1 Å². The van der Waals surface area contributed by atoms with Gasteiger partial charge < -0.3 is 4.98 Å². The van der Waals surface area contributed by atoms with Gasteiger partial charge in [-0.05, 0) is 42.5 Å². The molecule has 0 aliphatic carbocycles. The maximum atomic E-state index is 13.9. The number of aromatic amines is 1. The molecule has 1 aromatic heterocycles. The number of H-pyrrole nitrogens is 1. The van der Waals surface area contributed by atoms with Gasteiger partial charge in [-0.3, -0.25) is 4.57 Å². The molecule has 0 aliphatic heterocycles. The summed E-state index contributed by atoms with van der Waals surface area (Å²) in [7, 11) is 0. The molecule has 0 fully saturated rings. The van der Waals surface area contributed by atoms with Crippen LogP contribution in [0.3, 0.4) is 0 Å². The van der Waals surface area contributed by atoms with E-state index in [-0.39, 0.29) is 10.5 Å².